The van der Waals surface area contributed by atoms with Crippen LogP contribution in [0.5, 0.6) is 11.5 Å². The van der Waals surface area contributed by atoms with Gasteiger partial charge in [-0.15, -0.1) is 0 Å². The number of carbonyl (C=O) groups is 2. The van der Waals surface area contributed by atoms with Crippen LogP contribution in [0.2, 0.25) is 0 Å². The van der Waals surface area contributed by atoms with Gasteiger partial charge in [-0.3, -0.25) is 4.79 Å². The van der Waals surface area contributed by atoms with Crippen LogP contribution in [-0.2, 0) is 17.8 Å². The molecule has 0 atom stereocenters. The van der Waals surface area contributed by atoms with E-state index in [-0.39, 0.29) is 17.7 Å². The molecule has 8 heteroatoms. The zero-order valence-electron chi connectivity index (χ0n) is 19.9. The van der Waals surface area contributed by atoms with Crippen molar-refractivity contribution in [2.75, 3.05) is 11.9 Å². The molecule has 0 aliphatic rings. The van der Waals surface area contributed by atoms with E-state index in [2.05, 4.69) is 34.8 Å². The van der Waals surface area contributed by atoms with Crippen molar-refractivity contribution in [3.8, 4) is 17.6 Å². The molecule has 0 radical (unpaired) electrons. The summed E-state index contributed by atoms with van der Waals surface area (Å²) >= 11 is 2.11. The van der Waals surface area contributed by atoms with E-state index in [9.17, 15) is 14.9 Å². The lowest BCUT2D eigenvalue weighted by Gasteiger charge is -2.15. The predicted octanol–water partition coefficient (Wildman–Crippen LogP) is 6.08. The maximum atomic E-state index is 12.7. The highest BCUT2D eigenvalue weighted by Crippen LogP contribution is 2.35. The Kier molecular flexibility index (Phi) is 9.47. The Morgan fingerprint density at radius 1 is 1.03 bits per heavy atom. The second-order valence-corrected chi connectivity index (χ2v) is 8.89. The minimum Gasteiger partial charge on any atom is -0.490 e. The Labute approximate surface area is 223 Å². The minimum atomic E-state index is -0.987. The predicted molar refractivity (Wildman–Crippen MR) is 146 cm³/mol. The number of rotatable bonds is 10. The molecule has 0 bridgehead atoms. The number of nitrogens with one attached hydrogen (secondary N) is 1. The fraction of sp³-hybridized carbons (Fsp3) is 0.179. The average Bonchev–Trinajstić information content (AvgIpc) is 2.87. The van der Waals surface area contributed by atoms with Crippen molar-refractivity contribution in [2.24, 2.45) is 0 Å². The molecule has 3 aromatic rings. The molecule has 0 spiro atoms. The molecular formula is C28H25IN2O5. The van der Waals surface area contributed by atoms with Crippen LogP contribution in [0.25, 0.3) is 6.08 Å². The van der Waals surface area contributed by atoms with Gasteiger partial charge < -0.3 is 19.9 Å². The molecule has 3 aromatic carbocycles. The number of aryl methyl sites for hydroxylation is 1. The zero-order valence-corrected chi connectivity index (χ0v) is 22.0. The smallest absolute Gasteiger partial charge is 0.335 e. The van der Waals surface area contributed by atoms with Crippen LogP contribution in [0.15, 0.2) is 66.2 Å². The van der Waals surface area contributed by atoms with E-state index in [1.807, 2.05) is 37.3 Å². The normalized spacial score (nSPS) is 10.9. The number of aromatic carboxylic acids is 1. The Hall–Kier alpha value is -3.84. The molecule has 0 saturated carbocycles. The van der Waals surface area contributed by atoms with E-state index in [0.29, 0.717) is 29.4 Å². The third-order valence-corrected chi connectivity index (χ3v) is 6.01. The van der Waals surface area contributed by atoms with E-state index in [1.54, 1.807) is 24.3 Å². The molecule has 0 fully saturated rings. The lowest BCUT2D eigenvalue weighted by molar-refractivity contribution is -0.112. The maximum Gasteiger partial charge on any atom is 0.335 e. The number of ether oxygens (including phenoxy) is 2. The van der Waals surface area contributed by atoms with Crippen LogP contribution in [0.1, 0.15) is 40.9 Å². The number of hydrogen-bond donors (Lipinski definition) is 2. The lowest BCUT2D eigenvalue weighted by Crippen LogP contribution is -2.13. The molecule has 7 nitrogen and oxygen atoms in total. The van der Waals surface area contributed by atoms with Crippen molar-refractivity contribution < 1.29 is 24.2 Å². The van der Waals surface area contributed by atoms with Crippen molar-refractivity contribution in [1.29, 1.82) is 5.26 Å². The molecule has 3 rings (SSSR count). The summed E-state index contributed by atoms with van der Waals surface area (Å²) in [6.07, 6.45) is 2.41. The second kappa shape index (κ2) is 12.7. The summed E-state index contributed by atoms with van der Waals surface area (Å²) in [5, 5.41) is 21.4. The average molecular weight is 596 g/mol. The number of hydrogen-bond acceptors (Lipinski definition) is 5. The van der Waals surface area contributed by atoms with Gasteiger partial charge in [0.2, 0.25) is 0 Å². The Morgan fingerprint density at radius 2 is 1.69 bits per heavy atom. The largest absolute Gasteiger partial charge is 0.490 e. The molecule has 0 heterocycles. The molecule has 0 saturated heterocycles. The molecule has 0 unspecified atom stereocenters. The third-order valence-electron chi connectivity index (χ3n) is 5.21. The van der Waals surface area contributed by atoms with E-state index in [4.69, 9.17) is 14.6 Å². The first-order valence-corrected chi connectivity index (χ1v) is 12.4. The van der Waals surface area contributed by atoms with Gasteiger partial charge in [0, 0.05) is 5.69 Å². The first kappa shape index (κ1) is 26.8. The fourth-order valence-electron chi connectivity index (χ4n) is 3.31. The Bertz CT molecular complexity index is 1310. The van der Waals surface area contributed by atoms with Gasteiger partial charge in [0.05, 0.1) is 15.7 Å². The molecule has 2 N–H and O–H groups in total. The van der Waals surface area contributed by atoms with Crippen molar-refractivity contribution in [1.82, 2.24) is 0 Å². The van der Waals surface area contributed by atoms with Gasteiger partial charge >= 0.3 is 5.97 Å². The van der Waals surface area contributed by atoms with Crippen molar-refractivity contribution in [2.45, 2.75) is 26.9 Å². The highest BCUT2D eigenvalue weighted by molar-refractivity contribution is 14.1. The van der Waals surface area contributed by atoms with E-state index >= 15 is 0 Å². The number of nitriles is 1. The summed E-state index contributed by atoms with van der Waals surface area (Å²) in [6, 6.07) is 19.4. The van der Waals surface area contributed by atoms with Crippen LogP contribution < -0.4 is 14.8 Å². The fourth-order valence-corrected chi connectivity index (χ4v) is 4.09. The zero-order chi connectivity index (χ0) is 26.1. The highest BCUT2D eigenvalue weighted by Gasteiger charge is 2.15. The van der Waals surface area contributed by atoms with Gasteiger partial charge in [-0.05, 0) is 95.1 Å². The van der Waals surface area contributed by atoms with Gasteiger partial charge in [-0.2, -0.15) is 5.26 Å². The number of anilines is 1. The first-order chi connectivity index (χ1) is 17.3. The van der Waals surface area contributed by atoms with Gasteiger partial charge in [-0.1, -0.05) is 31.2 Å². The van der Waals surface area contributed by atoms with Crippen molar-refractivity contribution >= 4 is 46.2 Å². The molecule has 0 aliphatic carbocycles. The molecule has 0 aliphatic heterocycles. The third kappa shape index (κ3) is 7.09. The maximum absolute atomic E-state index is 12.7. The molecule has 36 heavy (non-hydrogen) atoms. The van der Waals surface area contributed by atoms with Crippen LogP contribution in [0, 0.1) is 14.9 Å². The van der Waals surface area contributed by atoms with E-state index in [1.165, 1.54) is 18.2 Å². The standard InChI is InChI=1S/C28H25IN2O5/c1-3-18-7-11-23(12-8-18)31-27(32)22(16-30)13-20-14-24(29)26(25(15-20)35-4-2)36-17-19-5-9-21(10-6-19)28(33)34/h5-15H,3-4,17H2,1-2H3,(H,31,32)(H,33,34)/b22-13+. The highest BCUT2D eigenvalue weighted by atomic mass is 127. The quantitative estimate of drug-likeness (QED) is 0.167. The van der Waals surface area contributed by atoms with E-state index < -0.39 is 11.9 Å². The molecule has 1 amide bonds. The monoisotopic (exact) mass is 596 g/mol. The summed E-state index contributed by atoms with van der Waals surface area (Å²) in [6.45, 7) is 4.51. The van der Waals surface area contributed by atoms with E-state index in [0.717, 1.165) is 21.1 Å². The number of carboxylic acid groups (broad SMARTS) is 1. The molecular weight excluding hydrogens is 571 g/mol. The molecule has 0 aromatic heterocycles. The summed E-state index contributed by atoms with van der Waals surface area (Å²) in [5.41, 5.74) is 3.35. The van der Waals surface area contributed by atoms with Gasteiger partial charge in [-0.25, -0.2) is 4.79 Å². The summed E-state index contributed by atoms with van der Waals surface area (Å²) in [4.78, 5) is 23.7. The van der Waals surface area contributed by atoms with Gasteiger partial charge in [0.25, 0.3) is 5.91 Å². The van der Waals surface area contributed by atoms with Gasteiger partial charge in [0.15, 0.2) is 11.5 Å². The summed E-state index contributed by atoms with van der Waals surface area (Å²) < 4.78 is 12.5. The van der Waals surface area contributed by atoms with Crippen LogP contribution in [0.4, 0.5) is 5.69 Å². The molecule has 184 valence electrons. The van der Waals surface area contributed by atoms with Crippen LogP contribution in [0.3, 0.4) is 0 Å². The number of carbonyl (C=O) groups excluding carboxylic acids is 1. The topological polar surface area (TPSA) is 109 Å². The van der Waals surface area contributed by atoms with Crippen molar-refractivity contribution in [3.63, 3.8) is 0 Å². The van der Waals surface area contributed by atoms with Crippen molar-refractivity contribution in [3.05, 3.63) is 92.1 Å². The Morgan fingerprint density at radius 3 is 2.28 bits per heavy atom. The van der Waals surface area contributed by atoms with Gasteiger partial charge in [0.1, 0.15) is 18.2 Å². The first-order valence-electron chi connectivity index (χ1n) is 11.3. The number of benzene rings is 3. The van der Waals surface area contributed by atoms with Crippen LogP contribution in [-0.4, -0.2) is 23.6 Å². The summed E-state index contributed by atoms with van der Waals surface area (Å²) in [7, 11) is 0. The van der Waals surface area contributed by atoms with Crippen LogP contribution >= 0.6 is 22.6 Å². The SMILES string of the molecule is CCOc1cc(/C=C(\C#N)C(=O)Nc2ccc(CC)cc2)cc(I)c1OCc1ccc(C(=O)O)cc1. The number of halogens is 1. The second-order valence-electron chi connectivity index (χ2n) is 7.73. The minimum absolute atomic E-state index is 0.0417. The lowest BCUT2D eigenvalue weighted by atomic mass is 10.1. The number of carboxylic acids is 1. The number of nitrogens with zero attached hydrogens (tertiary/aromatic N) is 1. The number of amides is 1. The Balaban J connectivity index is 1.80. The summed E-state index contributed by atoms with van der Waals surface area (Å²) in [5.74, 6) is -0.486.